The summed E-state index contributed by atoms with van der Waals surface area (Å²) in [5, 5.41) is 7.57. The van der Waals surface area contributed by atoms with Crippen LogP contribution >= 0.6 is 0 Å². The molecule has 4 nitrogen and oxygen atoms in total. The lowest BCUT2D eigenvalue weighted by Crippen LogP contribution is -2.48. The van der Waals surface area contributed by atoms with Crippen LogP contribution in [0, 0.1) is 35.5 Å². The molecule has 5 aliphatic rings. The Balaban J connectivity index is 0.967. The lowest BCUT2D eigenvalue weighted by Gasteiger charge is -2.40. The Kier molecular flexibility index (Phi) is 10.1. The predicted octanol–water partition coefficient (Wildman–Crippen LogP) is 7.12. The third kappa shape index (κ3) is 8.16. The first-order valence-electron chi connectivity index (χ1n) is 16.4. The van der Waals surface area contributed by atoms with Crippen LogP contribution in [0.2, 0.25) is 38.3 Å². The standard InChI is InChI=1S/C32H58N2O2Si2/c1-37(2,17-7-15-33-23-29-21-25-11-13-27(29)19-25)35-31-9-5-6-10-32(31)36-38(3,4)18-8-16-34-24-30-22-26-12-14-28(30)20-26/h11-14,25-34H,5-10,15-24H2,1-4H3. The van der Waals surface area contributed by atoms with E-state index < -0.39 is 16.6 Å². The Hall–Kier alpha value is -0.246. The molecule has 0 amide bonds. The fourth-order valence-electron chi connectivity index (χ4n) is 8.38. The second kappa shape index (κ2) is 13.2. The molecule has 3 fully saturated rings. The highest BCUT2D eigenvalue weighted by atomic mass is 28.4. The van der Waals surface area contributed by atoms with Crippen LogP contribution in [0.15, 0.2) is 24.3 Å². The van der Waals surface area contributed by atoms with Crippen LogP contribution in [0.3, 0.4) is 0 Å². The molecule has 8 unspecified atom stereocenters. The average molecular weight is 559 g/mol. The number of allylic oxidation sites excluding steroid dienone is 4. The van der Waals surface area contributed by atoms with Crippen molar-refractivity contribution in [3.8, 4) is 0 Å². The summed E-state index contributed by atoms with van der Waals surface area (Å²) in [5.74, 6) is 5.26. The van der Waals surface area contributed by atoms with Crippen molar-refractivity contribution in [2.45, 2.75) is 115 Å². The molecule has 0 aromatic carbocycles. The molecule has 6 heteroatoms. The normalized spacial score (nSPS) is 36.1. The molecular formula is C32H58N2O2Si2. The Bertz CT molecular complexity index is 749. The maximum absolute atomic E-state index is 6.96. The summed E-state index contributed by atoms with van der Waals surface area (Å²) in [6, 6.07) is 2.51. The van der Waals surface area contributed by atoms with Crippen molar-refractivity contribution in [1.29, 1.82) is 0 Å². The van der Waals surface area contributed by atoms with Gasteiger partial charge in [-0.25, -0.2) is 0 Å². The highest BCUT2D eigenvalue weighted by molar-refractivity contribution is 6.71. The van der Waals surface area contributed by atoms with Crippen LogP contribution in [0.4, 0.5) is 0 Å². The predicted molar refractivity (Wildman–Crippen MR) is 165 cm³/mol. The molecule has 0 aromatic heterocycles. The lowest BCUT2D eigenvalue weighted by atomic mass is 9.94. The van der Waals surface area contributed by atoms with Gasteiger partial charge in [0.25, 0.3) is 0 Å². The summed E-state index contributed by atoms with van der Waals surface area (Å²) in [4.78, 5) is 0. The van der Waals surface area contributed by atoms with Gasteiger partial charge in [-0.15, -0.1) is 0 Å². The molecule has 0 heterocycles. The average Bonchev–Trinajstić information content (AvgIpc) is 3.67. The molecule has 8 atom stereocenters. The fourth-order valence-corrected chi connectivity index (χ4v) is 12.9. The van der Waals surface area contributed by atoms with Gasteiger partial charge in [0, 0.05) is 0 Å². The monoisotopic (exact) mass is 558 g/mol. The van der Waals surface area contributed by atoms with Crippen LogP contribution in [-0.2, 0) is 8.85 Å². The highest BCUT2D eigenvalue weighted by Gasteiger charge is 2.38. The van der Waals surface area contributed by atoms with Gasteiger partial charge < -0.3 is 19.5 Å². The highest BCUT2D eigenvalue weighted by Crippen LogP contribution is 2.43. The van der Waals surface area contributed by atoms with Crippen molar-refractivity contribution in [1.82, 2.24) is 10.6 Å². The smallest absolute Gasteiger partial charge is 0.187 e. The maximum atomic E-state index is 6.96. The quantitative estimate of drug-likeness (QED) is 0.120. The van der Waals surface area contributed by atoms with Gasteiger partial charge in [0.05, 0.1) is 12.2 Å². The molecule has 2 N–H and O–H groups in total. The van der Waals surface area contributed by atoms with Gasteiger partial charge in [-0.05, 0) is 151 Å². The van der Waals surface area contributed by atoms with Gasteiger partial charge in [0.15, 0.2) is 16.6 Å². The molecule has 216 valence electrons. The minimum atomic E-state index is -1.69. The van der Waals surface area contributed by atoms with Gasteiger partial charge in [-0.3, -0.25) is 0 Å². The summed E-state index contributed by atoms with van der Waals surface area (Å²) < 4.78 is 13.9. The van der Waals surface area contributed by atoms with E-state index in [9.17, 15) is 0 Å². The van der Waals surface area contributed by atoms with Gasteiger partial charge in [-0.2, -0.15) is 0 Å². The van der Waals surface area contributed by atoms with Gasteiger partial charge in [0.1, 0.15) is 0 Å². The first-order chi connectivity index (χ1) is 18.3. The molecule has 0 saturated heterocycles. The van der Waals surface area contributed by atoms with Gasteiger partial charge >= 0.3 is 0 Å². The second-order valence-electron chi connectivity index (χ2n) is 14.8. The van der Waals surface area contributed by atoms with E-state index in [0.717, 1.165) is 48.6 Å². The Morgan fingerprint density at radius 2 is 1.08 bits per heavy atom. The second-order valence-corrected chi connectivity index (χ2v) is 23.3. The Labute approximate surface area is 236 Å². The van der Waals surface area contributed by atoms with Crippen LogP contribution in [-0.4, -0.2) is 55.0 Å². The first kappa shape index (κ1) is 29.3. The number of fused-ring (bicyclic) bond motifs is 4. The first-order valence-corrected chi connectivity index (χ1v) is 22.6. The molecule has 38 heavy (non-hydrogen) atoms. The zero-order valence-electron chi connectivity index (χ0n) is 25.1. The third-order valence-corrected chi connectivity index (χ3v) is 15.5. The van der Waals surface area contributed by atoms with Crippen LogP contribution in [0.25, 0.3) is 0 Å². The molecule has 3 saturated carbocycles. The fraction of sp³-hybridized carbons (Fsp3) is 0.875. The summed E-state index contributed by atoms with van der Waals surface area (Å²) in [6.07, 6.45) is 23.7. The number of hydrogen-bond acceptors (Lipinski definition) is 4. The topological polar surface area (TPSA) is 42.5 Å². The number of nitrogens with one attached hydrogen (secondary N) is 2. The van der Waals surface area contributed by atoms with E-state index in [2.05, 4.69) is 61.1 Å². The number of rotatable bonds is 16. The largest absolute Gasteiger partial charge is 0.412 e. The van der Waals surface area contributed by atoms with E-state index in [1.807, 2.05) is 0 Å². The van der Waals surface area contributed by atoms with Crippen molar-refractivity contribution >= 4 is 16.6 Å². The van der Waals surface area contributed by atoms with E-state index in [1.54, 1.807) is 0 Å². The minimum Gasteiger partial charge on any atom is -0.412 e. The van der Waals surface area contributed by atoms with E-state index in [0.29, 0.717) is 12.2 Å². The van der Waals surface area contributed by atoms with Crippen molar-refractivity contribution in [2.24, 2.45) is 35.5 Å². The summed E-state index contributed by atoms with van der Waals surface area (Å²) >= 11 is 0. The zero-order valence-corrected chi connectivity index (χ0v) is 27.1. The van der Waals surface area contributed by atoms with Crippen LogP contribution in [0.1, 0.15) is 64.2 Å². The van der Waals surface area contributed by atoms with E-state index in [4.69, 9.17) is 8.85 Å². The van der Waals surface area contributed by atoms with Crippen molar-refractivity contribution in [3.05, 3.63) is 24.3 Å². The van der Waals surface area contributed by atoms with Crippen molar-refractivity contribution in [3.63, 3.8) is 0 Å². The van der Waals surface area contributed by atoms with Crippen LogP contribution < -0.4 is 10.6 Å². The third-order valence-electron chi connectivity index (χ3n) is 10.5. The van der Waals surface area contributed by atoms with Crippen LogP contribution in [0.5, 0.6) is 0 Å². The molecule has 0 aliphatic heterocycles. The molecule has 0 spiro atoms. The zero-order chi connectivity index (χ0) is 26.6. The molecule has 5 rings (SSSR count). The van der Waals surface area contributed by atoms with Crippen molar-refractivity contribution < 1.29 is 8.85 Å². The molecular weight excluding hydrogens is 501 g/mol. The van der Waals surface area contributed by atoms with Gasteiger partial charge in [0.2, 0.25) is 0 Å². The van der Waals surface area contributed by atoms with Gasteiger partial charge in [-0.1, -0.05) is 37.1 Å². The molecule has 5 aliphatic carbocycles. The summed E-state index contributed by atoms with van der Waals surface area (Å²) in [7, 11) is -3.38. The maximum Gasteiger partial charge on any atom is 0.187 e. The van der Waals surface area contributed by atoms with E-state index in [-0.39, 0.29) is 0 Å². The summed E-state index contributed by atoms with van der Waals surface area (Å²) in [5.41, 5.74) is 0. The lowest BCUT2D eigenvalue weighted by molar-refractivity contribution is 0.0119. The molecule has 0 radical (unpaired) electrons. The molecule has 4 bridgehead atoms. The number of hydrogen-bond donors (Lipinski definition) is 2. The van der Waals surface area contributed by atoms with E-state index in [1.165, 1.54) is 89.4 Å². The molecule has 0 aromatic rings. The summed E-state index contributed by atoms with van der Waals surface area (Å²) in [6.45, 7) is 14.5. The van der Waals surface area contributed by atoms with Crippen molar-refractivity contribution in [2.75, 3.05) is 26.2 Å². The van der Waals surface area contributed by atoms with E-state index >= 15 is 0 Å². The Morgan fingerprint density at radius 3 is 1.45 bits per heavy atom. The minimum absolute atomic E-state index is 0.329. The Morgan fingerprint density at radius 1 is 0.632 bits per heavy atom. The SMILES string of the molecule is C[Si](C)(CCCNCC1CC2C=CC1C2)OC1CCCCC1O[Si](C)(C)CCCNCC1CC2C=CC1C2.